The quantitative estimate of drug-likeness (QED) is 0.413. The highest BCUT2D eigenvalue weighted by atomic mass is 35.5. The minimum atomic E-state index is -4.50. The van der Waals surface area contributed by atoms with Gasteiger partial charge in [0.15, 0.2) is 0 Å². The molecule has 228 valence electrons. The molecule has 2 aromatic rings. The molecule has 2 aromatic carbocycles. The highest BCUT2D eigenvalue weighted by Gasteiger charge is 2.48. The van der Waals surface area contributed by atoms with Crippen molar-refractivity contribution >= 4 is 29.4 Å². The van der Waals surface area contributed by atoms with Crippen LogP contribution < -0.4 is 5.32 Å². The number of unbranched alkanes of at least 4 members (excludes halogenated alkanes) is 1. The first-order valence-corrected chi connectivity index (χ1v) is 14.4. The summed E-state index contributed by atoms with van der Waals surface area (Å²) in [6, 6.07) is 9.65. The van der Waals surface area contributed by atoms with Crippen molar-refractivity contribution in [3.63, 3.8) is 0 Å². The van der Waals surface area contributed by atoms with Crippen molar-refractivity contribution in [1.29, 1.82) is 0 Å². The summed E-state index contributed by atoms with van der Waals surface area (Å²) in [5.41, 5.74) is 0.805. The Hall–Kier alpha value is -3.31. The minimum Gasteiger partial charge on any atom is -0.334 e. The first-order chi connectivity index (χ1) is 19.8. The van der Waals surface area contributed by atoms with E-state index in [1.54, 1.807) is 41.0 Å². The van der Waals surface area contributed by atoms with E-state index < -0.39 is 30.0 Å². The maximum Gasteiger partial charge on any atom is 0.416 e. The smallest absolute Gasteiger partial charge is 0.334 e. The Balaban J connectivity index is 1.55. The number of urea groups is 1. The van der Waals surface area contributed by atoms with Crippen LogP contribution in [0.3, 0.4) is 0 Å². The molecule has 8 nitrogen and oxygen atoms in total. The molecule has 0 unspecified atom stereocenters. The van der Waals surface area contributed by atoms with Gasteiger partial charge in [0.2, 0.25) is 11.8 Å². The molecule has 2 atom stereocenters. The first kappa shape index (κ1) is 31.6. The number of benzene rings is 2. The van der Waals surface area contributed by atoms with Crippen LogP contribution in [0.15, 0.2) is 42.5 Å². The summed E-state index contributed by atoms with van der Waals surface area (Å²) >= 11 is 6.18. The van der Waals surface area contributed by atoms with Gasteiger partial charge >= 0.3 is 12.2 Å². The van der Waals surface area contributed by atoms with E-state index in [-0.39, 0.29) is 44.4 Å². The summed E-state index contributed by atoms with van der Waals surface area (Å²) in [6.45, 7) is 2.82. The van der Waals surface area contributed by atoms with E-state index >= 15 is 0 Å². The molecule has 0 aliphatic carbocycles. The summed E-state index contributed by atoms with van der Waals surface area (Å²) < 4.78 is 40.0. The molecule has 2 heterocycles. The molecule has 4 rings (SSSR count). The number of piperazine rings is 1. The van der Waals surface area contributed by atoms with Crippen LogP contribution in [0.2, 0.25) is 5.02 Å². The molecule has 1 N–H and O–H groups in total. The first-order valence-electron chi connectivity index (χ1n) is 14.0. The minimum absolute atomic E-state index is 0.0579. The molecule has 2 aliphatic heterocycles. The van der Waals surface area contributed by atoms with Crippen LogP contribution in [-0.2, 0) is 28.9 Å². The molecule has 2 saturated heterocycles. The van der Waals surface area contributed by atoms with Crippen molar-refractivity contribution in [3.8, 4) is 0 Å². The van der Waals surface area contributed by atoms with Crippen LogP contribution in [0.5, 0.6) is 0 Å². The third-order valence-corrected chi connectivity index (χ3v) is 7.85. The van der Waals surface area contributed by atoms with E-state index in [9.17, 15) is 27.6 Å². The molecule has 4 amide bonds. The summed E-state index contributed by atoms with van der Waals surface area (Å²) in [4.78, 5) is 47.2. The third-order valence-electron chi connectivity index (χ3n) is 7.62. The number of aryl methyl sites for hydroxylation is 1. The molecule has 0 aromatic heterocycles. The Morgan fingerprint density at radius 1 is 1.10 bits per heavy atom. The van der Waals surface area contributed by atoms with Gasteiger partial charge in [0.25, 0.3) is 0 Å². The SMILES string of the molecule is Cc1cc(CNC(=O)N2CCC(=O)N3[C@@H]2CN(Cc2cccc(Cl)c2)C(=O)[C@@H]3CCCCN(C)C)cc(C(F)(F)F)c1. The van der Waals surface area contributed by atoms with Gasteiger partial charge in [-0.15, -0.1) is 0 Å². The molecular weight excluding hydrogens is 571 g/mol. The number of hydrogen-bond acceptors (Lipinski definition) is 4. The standard InChI is InChI=1S/C30H37ClF3N5O3/c1-20-13-22(15-23(14-20)30(32,33)34)17-35-29(42)38-12-10-27(40)39-25(9-4-5-11-36(2)3)28(41)37(19-26(38)39)18-21-7-6-8-24(31)16-21/h6-8,13-16,25-26H,4-5,9-12,17-19H2,1-3H3,(H,35,42)/t25-,26+/m0/s1. The number of alkyl halides is 3. The van der Waals surface area contributed by atoms with E-state index in [0.29, 0.717) is 22.6 Å². The molecule has 12 heteroatoms. The fourth-order valence-electron chi connectivity index (χ4n) is 5.67. The van der Waals surface area contributed by atoms with Crippen LogP contribution in [0.1, 0.15) is 47.9 Å². The second-order valence-corrected chi connectivity index (χ2v) is 11.7. The van der Waals surface area contributed by atoms with Crippen molar-refractivity contribution in [2.75, 3.05) is 33.7 Å². The van der Waals surface area contributed by atoms with Gasteiger partial charge in [-0.05, 0) is 82.2 Å². The zero-order valence-corrected chi connectivity index (χ0v) is 24.8. The number of nitrogens with zero attached hydrogens (tertiary/aromatic N) is 4. The van der Waals surface area contributed by atoms with E-state index in [1.807, 2.05) is 20.2 Å². The van der Waals surface area contributed by atoms with Crippen molar-refractivity contribution in [2.24, 2.45) is 0 Å². The molecule has 0 radical (unpaired) electrons. The number of hydrogen-bond donors (Lipinski definition) is 1. The van der Waals surface area contributed by atoms with E-state index in [0.717, 1.165) is 37.1 Å². The predicted molar refractivity (Wildman–Crippen MR) is 153 cm³/mol. The van der Waals surface area contributed by atoms with Crippen molar-refractivity contribution < 1.29 is 27.6 Å². The molecule has 2 aliphatic rings. The number of halogens is 4. The summed E-state index contributed by atoms with van der Waals surface area (Å²) in [5.74, 6) is -0.364. The third kappa shape index (κ3) is 7.74. The fraction of sp³-hybridized carbons (Fsp3) is 0.500. The number of fused-ring (bicyclic) bond motifs is 1. The van der Waals surface area contributed by atoms with Gasteiger partial charge in [0.1, 0.15) is 12.2 Å². The molecule has 0 saturated carbocycles. The monoisotopic (exact) mass is 607 g/mol. The zero-order valence-electron chi connectivity index (χ0n) is 24.1. The maximum atomic E-state index is 13.8. The lowest BCUT2D eigenvalue weighted by Crippen LogP contribution is -2.71. The Bertz CT molecular complexity index is 1310. The van der Waals surface area contributed by atoms with Crippen LogP contribution in [0.4, 0.5) is 18.0 Å². The summed E-state index contributed by atoms with van der Waals surface area (Å²) in [7, 11) is 3.94. The van der Waals surface area contributed by atoms with Gasteiger partial charge in [-0.25, -0.2) is 4.79 Å². The lowest BCUT2D eigenvalue weighted by atomic mass is 9.98. The van der Waals surface area contributed by atoms with Crippen LogP contribution in [-0.4, -0.2) is 83.4 Å². The van der Waals surface area contributed by atoms with Gasteiger partial charge in [-0.3, -0.25) is 9.59 Å². The number of amides is 4. The van der Waals surface area contributed by atoms with Crippen molar-refractivity contribution in [3.05, 3.63) is 69.7 Å². The summed E-state index contributed by atoms with van der Waals surface area (Å²) in [6.07, 6.45) is -3.12. The Labute approximate surface area is 249 Å². The second kappa shape index (κ2) is 13.3. The summed E-state index contributed by atoms with van der Waals surface area (Å²) in [5, 5.41) is 3.28. The van der Waals surface area contributed by atoms with Crippen molar-refractivity contribution in [1.82, 2.24) is 24.9 Å². The number of carbonyl (C=O) groups excluding carboxylic acids is 3. The second-order valence-electron chi connectivity index (χ2n) is 11.3. The Kier molecular flexibility index (Phi) is 10.0. The van der Waals surface area contributed by atoms with Gasteiger partial charge in [0, 0.05) is 31.1 Å². The molecule has 42 heavy (non-hydrogen) atoms. The topological polar surface area (TPSA) is 76.2 Å². The fourth-order valence-corrected chi connectivity index (χ4v) is 5.88. The average Bonchev–Trinajstić information content (AvgIpc) is 2.90. The van der Waals surface area contributed by atoms with Gasteiger partial charge in [-0.2, -0.15) is 13.2 Å². The number of rotatable bonds is 9. The molecule has 2 fully saturated rings. The van der Waals surface area contributed by atoms with Crippen molar-refractivity contribution in [2.45, 2.75) is 64.1 Å². The average molecular weight is 608 g/mol. The van der Waals surface area contributed by atoms with E-state index in [1.165, 1.54) is 4.90 Å². The lowest BCUT2D eigenvalue weighted by Gasteiger charge is -2.52. The van der Waals surface area contributed by atoms with Gasteiger partial charge < -0.3 is 24.9 Å². The number of nitrogens with one attached hydrogen (secondary N) is 1. The maximum absolute atomic E-state index is 13.8. The van der Waals surface area contributed by atoms with E-state index in [4.69, 9.17) is 11.6 Å². The van der Waals surface area contributed by atoms with Crippen LogP contribution >= 0.6 is 11.6 Å². The largest absolute Gasteiger partial charge is 0.416 e. The zero-order chi connectivity index (χ0) is 30.6. The molecule has 0 bridgehead atoms. The normalized spacial score (nSPS) is 19.4. The van der Waals surface area contributed by atoms with Gasteiger partial charge in [-0.1, -0.05) is 35.4 Å². The van der Waals surface area contributed by atoms with Crippen LogP contribution in [0, 0.1) is 6.92 Å². The Morgan fingerprint density at radius 3 is 2.55 bits per heavy atom. The molecular formula is C30H37ClF3N5O3. The van der Waals surface area contributed by atoms with E-state index in [2.05, 4.69) is 10.2 Å². The lowest BCUT2D eigenvalue weighted by molar-refractivity contribution is -0.167. The molecule has 0 spiro atoms. The highest BCUT2D eigenvalue weighted by molar-refractivity contribution is 6.30. The predicted octanol–water partition coefficient (Wildman–Crippen LogP) is 4.88. The number of carbonyl (C=O) groups is 3. The van der Waals surface area contributed by atoms with Crippen LogP contribution in [0.25, 0.3) is 0 Å². The van der Waals surface area contributed by atoms with Gasteiger partial charge in [0.05, 0.1) is 12.1 Å². The highest BCUT2D eigenvalue weighted by Crippen LogP contribution is 2.31. The Morgan fingerprint density at radius 2 is 1.86 bits per heavy atom.